The van der Waals surface area contributed by atoms with E-state index < -0.39 is 6.10 Å². The number of amides is 1. The van der Waals surface area contributed by atoms with Crippen molar-refractivity contribution in [2.75, 3.05) is 6.54 Å². The van der Waals surface area contributed by atoms with Crippen molar-refractivity contribution in [3.8, 4) is 0 Å². The second kappa shape index (κ2) is 6.83. The molecule has 2 rings (SSSR count). The minimum Gasteiger partial charge on any atom is -0.386 e. The van der Waals surface area contributed by atoms with Gasteiger partial charge in [0.1, 0.15) is 11.9 Å². The number of carbonyl (C=O) groups is 1. The van der Waals surface area contributed by atoms with E-state index in [1.807, 2.05) is 0 Å². The van der Waals surface area contributed by atoms with Crippen molar-refractivity contribution < 1.29 is 14.3 Å². The molecule has 0 radical (unpaired) electrons. The maximum absolute atomic E-state index is 13.0. The quantitative estimate of drug-likeness (QED) is 0.891. The zero-order valence-electron chi connectivity index (χ0n) is 10.5. The number of aliphatic hydroxyl groups excluding tert-OH is 1. The fraction of sp³-hybridized carbons (Fsp3) is 0.214. The molecule has 1 unspecified atom stereocenters. The van der Waals surface area contributed by atoms with Crippen molar-refractivity contribution in [2.45, 2.75) is 12.5 Å². The number of hydrogen-bond acceptors (Lipinski definition) is 3. The van der Waals surface area contributed by atoms with Gasteiger partial charge >= 0.3 is 0 Å². The van der Waals surface area contributed by atoms with E-state index in [9.17, 15) is 14.3 Å². The van der Waals surface area contributed by atoms with Gasteiger partial charge in [-0.2, -0.15) is 0 Å². The topological polar surface area (TPSA) is 49.3 Å². The van der Waals surface area contributed by atoms with Crippen molar-refractivity contribution in [1.29, 1.82) is 0 Å². The van der Waals surface area contributed by atoms with Gasteiger partial charge in [0, 0.05) is 11.4 Å². The van der Waals surface area contributed by atoms with Crippen molar-refractivity contribution in [2.24, 2.45) is 0 Å². The number of rotatable bonds is 5. The number of aliphatic hydroxyl groups is 1. The minimum atomic E-state index is -0.788. The van der Waals surface area contributed by atoms with Crippen molar-refractivity contribution in [3.05, 3.63) is 57.0 Å². The number of thiophene rings is 1. The van der Waals surface area contributed by atoms with E-state index in [2.05, 4.69) is 5.32 Å². The van der Waals surface area contributed by atoms with E-state index in [0.717, 1.165) is 0 Å². The lowest BCUT2D eigenvalue weighted by molar-refractivity contribution is -0.120. The van der Waals surface area contributed by atoms with Crippen LogP contribution in [-0.2, 0) is 11.2 Å². The molecule has 1 amide bonds. The molecule has 0 saturated carbocycles. The average Bonchev–Trinajstić information content (AvgIpc) is 2.83. The predicted molar refractivity (Wildman–Crippen MR) is 77.4 cm³/mol. The molecule has 1 heterocycles. The Morgan fingerprint density at radius 3 is 2.85 bits per heavy atom. The van der Waals surface area contributed by atoms with Crippen LogP contribution in [0.2, 0.25) is 4.34 Å². The molecule has 2 N–H and O–H groups in total. The highest BCUT2D eigenvalue weighted by Crippen LogP contribution is 2.26. The molecule has 0 aliphatic rings. The van der Waals surface area contributed by atoms with Gasteiger partial charge in [-0.15, -0.1) is 11.3 Å². The van der Waals surface area contributed by atoms with Gasteiger partial charge in [0.05, 0.1) is 10.8 Å². The maximum atomic E-state index is 13.0. The maximum Gasteiger partial charge on any atom is 0.224 e. The highest BCUT2D eigenvalue weighted by Gasteiger charge is 2.12. The molecule has 0 fully saturated rings. The van der Waals surface area contributed by atoms with Crippen LogP contribution in [0.25, 0.3) is 0 Å². The number of benzene rings is 1. The number of nitrogens with one attached hydrogen (secondary N) is 1. The van der Waals surface area contributed by atoms with Gasteiger partial charge in [-0.05, 0) is 29.8 Å². The molecule has 1 aromatic carbocycles. The molecule has 1 atom stereocenters. The van der Waals surface area contributed by atoms with E-state index in [4.69, 9.17) is 11.6 Å². The Morgan fingerprint density at radius 2 is 2.20 bits per heavy atom. The summed E-state index contributed by atoms with van der Waals surface area (Å²) in [5.41, 5.74) is 0.594. The van der Waals surface area contributed by atoms with Crippen LogP contribution in [0.15, 0.2) is 36.4 Å². The fourth-order valence-corrected chi connectivity index (χ4v) is 2.76. The molecule has 2 aromatic rings. The fourth-order valence-electron chi connectivity index (χ4n) is 1.71. The first kappa shape index (κ1) is 15.0. The lowest BCUT2D eigenvalue weighted by Crippen LogP contribution is -2.29. The number of carbonyl (C=O) groups excluding carboxylic acids is 1. The van der Waals surface area contributed by atoms with E-state index in [1.54, 1.807) is 24.3 Å². The Morgan fingerprint density at radius 1 is 1.40 bits per heavy atom. The van der Waals surface area contributed by atoms with Gasteiger partial charge < -0.3 is 10.4 Å². The SMILES string of the molecule is O=C(Cc1cccc(F)c1)NCC(O)c1ccc(Cl)s1. The first-order valence-corrected chi connectivity index (χ1v) is 7.18. The normalized spacial score (nSPS) is 12.2. The van der Waals surface area contributed by atoms with Crippen LogP contribution >= 0.6 is 22.9 Å². The van der Waals surface area contributed by atoms with Crippen LogP contribution in [-0.4, -0.2) is 17.6 Å². The molecule has 1 aromatic heterocycles. The van der Waals surface area contributed by atoms with Crippen molar-refractivity contribution in [1.82, 2.24) is 5.32 Å². The largest absolute Gasteiger partial charge is 0.386 e. The van der Waals surface area contributed by atoms with Gasteiger partial charge in [-0.1, -0.05) is 23.7 Å². The first-order valence-electron chi connectivity index (χ1n) is 5.99. The molecular formula is C14H13ClFNO2S. The van der Waals surface area contributed by atoms with Crippen LogP contribution in [0.4, 0.5) is 4.39 Å². The van der Waals surface area contributed by atoms with Crippen molar-refractivity contribution >= 4 is 28.8 Å². The predicted octanol–water partition coefficient (Wildman–Crippen LogP) is 2.93. The Labute approximate surface area is 125 Å². The number of hydrogen-bond donors (Lipinski definition) is 2. The van der Waals surface area contributed by atoms with Crippen LogP contribution in [0.3, 0.4) is 0 Å². The molecule has 0 saturated heterocycles. The zero-order valence-corrected chi connectivity index (χ0v) is 12.0. The van der Waals surface area contributed by atoms with E-state index in [1.165, 1.54) is 23.5 Å². The van der Waals surface area contributed by atoms with Crippen molar-refractivity contribution in [3.63, 3.8) is 0 Å². The molecule has 0 aliphatic carbocycles. The summed E-state index contributed by atoms with van der Waals surface area (Å²) < 4.78 is 13.6. The second-order valence-electron chi connectivity index (χ2n) is 4.27. The molecular weight excluding hydrogens is 301 g/mol. The van der Waals surface area contributed by atoms with Crippen LogP contribution in [0.1, 0.15) is 16.5 Å². The third-order valence-electron chi connectivity index (χ3n) is 2.67. The molecule has 0 bridgehead atoms. The average molecular weight is 314 g/mol. The summed E-state index contributed by atoms with van der Waals surface area (Å²) in [5.74, 6) is -0.638. The van der Waals surface area contributed by atoms with E-state index in [0.29, 0.717) is 14.8 Å². The molecule has 20 heavy (non-hydrogen) atoms. The first-order chi connectivity index (χ1) is 9.54. The lowest BCUT2D eigenvalue weighted by atomic mass is 10.1. The summed E-state index contributed by atoms with van der Waals surface area (Å²) in [7, 11) is 0. The molecule has 3 nitrogen and oxygen atoms in total. The Bertz CT molecular complexity index is 602. The molecule has 0 aliphatic heterocycles. The summed E-state index contributed by atoms with van der Waals surface area (Å²) in [6, 6.07) is 9.29. The highest BCUT2D eigenvalue weighted by molar-refractivity contribution is 7.16. The summed E-state index contributed by atoms with van der Waals surface area (Å²) in [4.78, 5) is 12.4. The monoisotopic (exact) mass is 313 g/mol. The summed E-state index contributed by atoms with van der Waals surface area (Å²) in [6.07, 6.45) is -0.709. The summed E-state index contributed by atoms with van der Waals surface area (Å²) in [6.45, 7) is 0.102. The van der Waals surface area contributed by atoms with Gasteiger partial charge in [-0.25, -0.2) is 4.39 Å². The third-order valence-corrected chi connectivity index (χ3v) is 4.00. The molecule has 6 heteroatoms. The van der Waals surface area contributed by atoms with Gasteiger partial charge in [-0.3, -0.25) is 4.79 Å². The van der Waals surface area contributed by atoms with Gasteiger partial charge in [0.25, 0.3) is 0 Å². The van der Waals surface area contributed by atoms with Crippen LogP contribution < -0.4 is 5.32 Å². The summed E-state index contributed by atoms with van der Waals surface area (Å²) >= 11 is 7.04. The Hall–Kier alpha value is -1.43. The van der Waals surface area contributed by atoms with Crippen LogP contribution in [0, 0.1) is 5.82 Å². The third kappa shape index (κ3) is 4.30. The highest BCUT2D eigenvalue weighted by atomic mass is 35.5. The summed E-state index contributed by atoms with van der Waals surface area (Å²) in [5, 5.41) is 12.5. The van der Waals surface area contributed by atoms with E-state index >= 15 is 0 Å². The minimum absolute atomic E-state index is 0.0790. The second-order valence-corrected chi connectivity index (χ2v) is 6.02. The standard InChI is InChI=1S/C14H13ClFNO2S/c15-13-5-4-12(20-13)11(18)8-17-14(19)7-9-2-1-3-10(16)6-9/h1-6,11,18H,7-8H2,(H,17,19). The molecule has 0 spiro atoms. The molecule has 106 valence electrons. The van der Waals surface area contributed by atoms with E-state index in [-0.39, 0.29) is 24.7 Å². The zero-order chi connectivity index (χ0) is 14.5. The van der Waals surface area contributed by atoms with Gasteiger partial charge in [0.2, 0.25) is 5.91 Å². The Kier molecular flexibility index (Phi) is 5.11. The Balaban J connectivity index is 1.83. The lowest BCUT2D eigenvalue weighted by Gasteiger charge is -2.10. The number of halogens is 2. The smallest absolute Gasteiger partial charge is 0.224 e. The van der Waals surface area contributed by atoms with Crippen LogP contribution in [0.5, 0.6) is 0 Å². The van der Waals surface area contributed by atoms with Gasteiger partial charge in [0.15, 0.2) is 0 Å².